The van der Waals surface area contributed by atoms with Crippen molar-refractivity contribution in [1.29, 1.82) is 0 Å². The lowest BCUT2D eigenvalue weighted by atomic mass is 10.0. The van der Waals surface area contributed by atoms with Gasteiger partial charge in [-0.1, -0.05) is 50.2 Å². The van der Waals surface area contributed by atoms with Gasteiger partial charge < -0.3 is 10.4 Å². The predicted octanol–water partition coefficient (Wildman–Crippen LogP) is 4.44. The zero-order valence-corrected chi connectivity index (χ0v) is 13.1. The van der Waals surface area contributed by atoms with E-state index in [-0.39, 0.29) is 6.04 Å². The number of benzene rings is 2. The van der Waals surface area contributed by atoms with Crippen LogP contribution in [0.15, 0.2) is 48.5 Å². The second kappa shape index (κ2) is 7.28. The van der Waals surface area contributed by atoms with Crippen molar-refractivity contribution < 1.29 is 5.11 Å². The van der Waals surface area contributed by atoms with Crippen molar-refractivity contribution in [1.82, 2.24) is 5.32 Å². The van der Waals surface area contributed by atoms with Gasteiger partial charge in [0.1, 0.15) is 5.75 Å². The molecule has 0 bridgehead atoms. The monoisotopic (exact) mass is 283 g/mol. The molecule has 0 aliphatic carbocycles. The maximum atomic E-state index is 9.52. The van der Waals surface area contributed by atoms with Crippen molar-refractivity contribution in [2.75, 3.05) is 0 Å². The van der Waals surface area contributed by atoms with E-state index >= 15 is 0 Å². The fraction of sp³-hybridized carbons (Fsp3) is 0.368. The molecule has 0 radical (unpaired) electrons. The van der Waals surface area contributed by atoms with Gasteiger partial charge in [-0.25, -0.2) is 0 Å². The molecule has 2 aromatic carbocycles. The van der Waals surface area contributed by atoms with Crippen LogP contribution in [-0.4, -0.2) is 5.11 Å². The van der Waals surface area contributed by atoms with Crippen molar-refractivity contribution in [2.45, 2.75) is 39.8 Å². The van der Waals surface area contributed by atoms with Crippen LogP contribution in [0.5, 0.6) is 5.75 Å². The van der Waals surface area contributed by atoms with E-state index < -0.39 is 0 Å². The fourth-order valence-electron chi connectivity index (χ4n) is 2.45. The third-order valence-corrected chi connectivity index (χ3v) is 3.65. The molecule has 112 valence electrons. The van der Waals surface area contributed by atoms with Crippen molar-refractivity contribution in [3.05, 3.63) is 65.2 Å². The summed E-state index contributed by atoms with van der Waals surface area (Å²) in [5.41, 5.74) is 3.79. The first-order valence-corrected chi connectivity index (χ1v) is 7.64. The van der Waals surface area contributed by atoms with E-state index in [0.717, 1.165) is 18.5 Å². The standard InChI is InChI=1S/C19H25NO/c1-14(2)11-16-7-9-17(10-8-16)13-20-15(3)18-5-4-6-19(21)12-18/h4-10,12,14-15,20-21H,11,13H2,1-3H3. The number of phenolic OH excluding ortho intramolecular Hbond substituents is 1. The van der Waals surface area contributed by atoms with Gasteiger partial charge in [0.15, 0.2) is 0 Å². The third kappa shape index (κ3) is 4.91. The largest absolute Gasteiger partial charge is 0.508 e. The van der Waals surface area contributed by atoms with Crippen molar-refractivity contribution in [3.63, 3.8) is 0 Å². The Bertz CT molecular complexity index is 560. The van der Waals surface area contributed by atoms with E-state index in [2.05, 4.69) is 50.4 Å². The summed E-state index contributed by atoms with van der Waals surface area (Å²) < 4.78 is 0. The molecule has 2 nitrogen and oxygen atoms in total. The van der Waals surface area contributed by atoms with E-state index in [0.29, 0.717) is 11.7 Å². The summed E-state index contributed by atoms with van der Waals surface area (Å²) in [7, 11) is 0. The second-order valence-electron chi connectivity index (χ2n) is 6.11. The second-order valence-corrected chi connectivity index (χ2v) is 6.11. The zero-order valence-electron chi connectivity index (χ0n) is 13.1. The molecule has 0 spiro atoms. The number of hydrogen-bond donors (Lipinski definition) is 2. The van der Waals surface area contributed by atoms with Gasteiger partial charge in [-0.15, -0.1) is 0 Å². The first kappa shape index (κ1) is 15.6. The Morgan fingerprint density at radius 3 is 2.24 bits per heavy atom. The molecule has 0 aromatic heterocycles. The van der Waals surface area contributed by atoms with Crippen LogP contribution in [0.1, 0.15) is 43.5 Å². The minimum Gasteiger partial charge on any atom is -0.508 e. The number of hydrogen-bond acceptors (Lipinski definition) is 2. The average molecular weight is 283 g/mol. The molecular formula is C19H25NO. The summed E-state index contributed by atoms with van der Waals surface area (Å²) in [6.07, 6.45) is 1.13. The van der Waals surface area contributed by atoms with E-state index in [9.17, 15) is 5.11 Å². The van der Waals surface area contributed by atoms with Crippen LogP contribution < -0.4 is 5.32 Å². The SMILES string of the molecule is CC(C)Cc1ccc(CNC(C)c2cccc(O)c2)cc1. The highest BCUT2D eigenvalue weighted by molar-refractivity contribution is 5.29. The molecule has 0 fully saturated rings. The normalized spacial score (nSPS) is 12.6. The number of aromatic hydroxyl groups is 1. The Hall–Kier alpha value is -1.80. The van der Waals surface area contributed by atoms with Gasteiger partial charge in [-0.3, -0.25) is 0 Å². The highest BCUT2D eigenvalue weighted by Crippen LogP contribution is 2.18. The smallest absolute Gasteiger partial charge is 0.115 e. The summed E-state index contributed by atoms with van der Waals surface area (Å²) >= 11 is 0. The van der Waals surface area contributed by atoms with E-state index in [1.54, 1.807) is 6.07 Å². The highest BCUT2D eigenvalue weighted by Gasteiger charge is 2.05. The molecule has 0 saturated carbocycles. The van der Waals surface area contributed by atoms with Crippen LogP contribution >= 0.6 is 0 Å². The Kier molecular flexibility index (Phi) is 5.40. The summed E-state index contributed by atoms with van der Waals surface area (Å²) in [5.74, 6) is 1.01. The average Bonchev–Trinajstić information content (AvgIpc) is 2.45. The molecule has 2 N–H and O–H groups in total. The number of rotatable bonds is 6. The van der Waals surface area contributed by atoms with Gasteiger partial charge in [-0.05, 0) is 48.1 Å². The molecule has 0 aliphatic heterocycles. The van der Waals surface area contributed by atoms with E-state index in [1.165, 1.54) is 11.1 Å². The van der Waals surface area contributed by atoms with Gasteiger partial charge in [0.05, 0.1) is 0 Å². The molecule has 1 unspecified atom stereocenters. The molecule has 2 heteroatoms. The minimum atomic E-state index is 0.215. The lowest BCUT2D eigenvalue weighted by Crippen LogP contribution is -2.18. The molecule has 0 amide bonds. The van der Waals surface area contributed by atoms with Crippen LogP contribution in [-0.2, 0) is 13.0 Å². The first-order chi connectivity index (χ1) is 10.0. The van der Waals surface area contributed by atoms with Crippen LogP contribution in [0, 0.1) is 5.92 Å². The summed E-state index contributed by atoms with van der Waals surface area (Å²) in [5, 5.41) is 13.0. The Morgan fingerprint density at radius 1 is 0.952 bits per heavy atom. The molecule has 0 heterocycles. The topological polar surface area (TPSA) is 32.3 Å². The fourth-order valence-corrected chi connectivity index (χ4v) is 2.45. The molecule has 1 atom stereocenters. The minimum absolute atomic E-state index is 0.215. The molecule has 2 aromatic rings. The zero-order chi connectivity index (χ0) is 15.2. The summed E-state index contributed by atoms with van der Waals surface area (Å²) in [4.78, 5) is 0. The molecule has 2 rings (SSSR count). The van der Waals surface area contributed by atoms with Gasteiger partial charge in [-0.2, -0.15) is 0 Å². The van der Waals surface area contributed by atoms with Crippen LogP contribution in [0.2, 0.25) is 0 Å². The van der Waals surface area contributed by atoms with Crippen molar-refractivity contribution in [3.8, 4) is 5.75 Å². The Balaban J connectivity index is 1.90. The highest BCUT2D eigenvalue weighted by atomic mass is 16.3. The van der Waals surface area contributed by atoms with Crippen molar-refractivity contribution in [2.24, 2.45) is 5.92 Å². The van der Waals surface area contributed by atoms with E-state index in [4.69, 9.17) is 0 Å². The van der Waals surface area contributed by atoms with Crippen LogP contribution in [0.4, 0.5) is 0 Å². The number of phenols is 1. The molecule has 21 heavy (non-hydrogen) atoms. The third-order valence-electron chi connectivity index (χ3n) is 3.65. The lowest BCUT2D eigenvalue weighted by Gasteiger charge is -2.15. The van der Waals surface area contributed by atoms with E-state index in [1.807, 2.05) is 18.2 Å². The van der Waals surface area contributed by atoms with Crippen molar-refractivity contribution >= 4 is 0 Å². The lowest BCUT2D eigenvalue weighted by molar-refractivity contribution is 0.472. The quantitative estimate of drug-likeness (QED) is 0.821. The van der Waals surface area contributed by atoms with Gasteiger partial charge >= 0.3 is 0 Å². The van der Waals surface area contributed by atoms with Crippen LogP contribution in [0.25, 0.3) is 0 Å². The summed E-state index contributed by atoms with van der Waals surface area (Å²) in [6, 6.07) is 16.5. The maximum absolute atomic E-state index is 9.52. The Morgan fingerprint density at radius 2 is 1.62 bits per heavy atom. The number of nitrogens with one attached hydrogen (secondary N) is 1. The molecule has 0 saturated heterocycles. The summed E-state index contributed by atoms with van der Waals surface area (Å²) in [6.45, 7) is 7.43. The van der Waals surface area contributed by atoms with Gasteiger partial charge in [0, 0.05) is 12.6 Å². The first-order valence-electron chi connectivity index (χ1n) is 7.64. The Labute approximate surface area is 127 Å². The van der Waals surface area contributed by atoms with Gasteiger partial charge in [0.2, 0.25) is 0 Å². The molecular weight excluding hydrogens is 258 g/mol. The maximum Gasteiger partial charge on any atom is 0.115 e. The molecule has 0 aliphatic rings. The van der Waals surface area contributed by atoms with Crippen LogP contribution in [0.3, 0.4) is 0 Å². The predicted molar refractivity (Wildman–Crippen MR) is 88.3 cm³/mol. The van der Waals surface area contributed by atoms with Gasteiger partial charge in [0.25, 0.3) is 0 Å².